The molecule has 3 rings (SSSR count). The van der Waals surface area contributed by atoms with Crippen molar-refractivity contribution < 1.29 is 27.5 Å². The fourth-order valence-electron chi connectivity index (χ4n) is 2.48. The molecule has 1 heterocycles. The van der Waals surface area contributed by atoms with Gasteiger partial charge in [-0.05, 0) is 36.8 Å². The van der Waals surface area contributed by atoms with E-state index in [2.05, 4.69) is 15.6 Å². The predicted octanol–water partition coefficient (Wildman–Crippen LogP) is 4.96. The summed E-state index contributed by atoms with van der Waals surface area (Å²) in [6.07, 6.45) is -5.63. The molecule has 1 aromatic heterocycles. The topological polar surface area (TPSA) is 80.3 Å². The highest BCUT2D eigenvalue weighted by Gasteiger charge is 2.30. The van der Waals surface area contributed by atoms with Crippen molar-refractivity contribution in [2.45, 2.75) is 25.7 Å². The molecular formula is C21H18F3N3O3S. The summed E-state index contributed by atoms with van der Waals surface area (Å²) < 4.78 is 42.9. The molecule has 3 aromatic rings. The fraction of sp³-hybridized carbons (Fsp3) is 0.190. The minimum atomic E-state index is -4.46. The van der Waals surface area contributed by atoms with Crippen molar-refractivity contribution in [1.29, 1.82) is 0 Å². The van der Waals surface area contributed by atoms with Gasteiger partial charge >= 0.3 is 12.1 Å². The Morgan fingerprint density at radius 1 is 1.10 bits per heavy atom. The number of thiazole rings is 1. The van der Waals surface area contributed by atoms with Crippen LogP contribution in [0.3, 0.4) is 0 Å². The molecule has 1 unspecified atom stereocenters. The molecule has 0 saturated heterocycles. The fourth-order valence-corrected chi connectivity index (χ4v) is 3.16. The standard InChI is InChI=1S/C21H18F3N3O3S/c1-13(18(28)26-16-9-7-15(8-10-16)21(22,23)24)30-19(29)17-12-31-20(27-17)25-11-14-5-3-2-4-6-14/h2-10,12-13H,11H2,1H3,(H,25,27)(H,26,28). The number of rotatable bonds is 7. The quantitative estimate of drug-likeness (QED) is 0.499. The van der Waals surface area contributed by atoms with Gasteiger partial charge in [0.15, 0.2) is 16.9 Å². The van der Waals surface area contributed by atoms with Crippen molar-refractivity contribution in [2.75, 3.05) is 10.6 Å². The Hall–Kier alpha value is -3.40. The van der Waals surface area contributed by atoms with Crippen molar-refractivity contribution in [1.82, 2.24) is 4.98 Å². The lowest BCUT2D eigenvalue weighted by Crippen LogP contribution is -2.30. The van der Waals surface area contributed by atoms with E-state index in [-0.39, 0.29) is 11.4 Å². The zero-order valence-corrected chi connectivity index (χ0v) is 17.1. The molecule has 2 aromatic carbocycles. The minimum Gasteiger partial charge on any atom is -0.448 e. The minimum absolute atomic E-state index is 0.0507. The number of nitrogens with zero attached hydrogens (tertiary/aromatic N) is 1. The first-order chi connectivity index (χ1) is 14.7. The van der Waals surface area contributed by atoms with E-state index in [1.54, 1.807) is 0 Å². The van der Waals surface area contributed by atoms with Crippen LogP contribution in [0.4, 0.5) is 24.0 Å². The number of hydrogen-bond acceptors (Lipinski definition) is 6. The van der Waals surface area contributed by atoms with Crippen molar-refractivity contribution in [2.24, 2.45) is 0 Å². The van der Waals surface area contributed by atoms with Crippen LogP contribution < -0.4 is 10.6 Å². The number of halogens is 3. The summed E-state index contributed by atoms with van der Waals surface area (Å²) in [6.45, 7) is 1.90. The number of aromatic nitrogens is 1. The predicted molar refractivity (Wildman–Crippen MR) is 111 cm³/mol. The third-order valence-electron chi connectivity index (χ3n) is 4.13. The van der Waals surface area contributed by atoms with E-state index in [0.29, 0.717) is 11.7 Å². The Kier molecular flexibility index (Phi) is 6.91. The molecule has 0 bridgehead atoms. The number of alkyl halides is 3. The van der Waals surface area contributed by atoms with Crippen LogP contribution in [0.1, 0.15) is 28.5 Å². The van der Waals surface area contributed by atoms with E-state index in [1.165, 1.54) is 23.6 Å². The molecule has 1 atom stereocenters. The molecule has 6 nitrogen and oxygen atoms in total. The molecule has 1 amide bonds. The molecule has 0 aliphatic carbocycles. The van der Waals surface area contributed by atoms with Gasteiger partial charge in [0.05, 0.1) is 5.56 Å². The smallest absolute Gasteiger partial charge is 0.416 e. The molecule has 10 heteroatoms. The van der Waals surface area contributed by atoms with E-state index >= 15 is 0 Å². The molecule has 162 valence electrons. The summed E-state index contributed by atoms with van der Waals surface area (Å²) in [5.74, 6) is -1.45. The van der Waals surface area contributed by atoms with Gasteiger partial charge in [-0.3, -0.25) is 4.79 Å². The summed E-state index contributed by atoms with van der Waals surface area (Å²) in [4.78, 5) is 28.6. The second-order valence-corrected chi connectivity index (χ2v) is 7.35. The zero-order chi connectivity index (χ0) is 22.4. The molecule has 31 heavy (non-hydrogen) atoms. The normalized spacial score (nSPS) is 12.1. The molecule has 0 radical (unpaired) electrons. The summed E-state index contributed by atoms with van der Waals surface area (Å²) in [5.41, 5.74) is 0.428. The van der Waals surface area contributed by atoms with Gasteiger partial charge in [-0.25, -0.2) is 9.78 Å². The van der Waals surface area contributed by atoms with Crippen LogP contribution in [0.25, 0.3) is 0 Å². The van der Waals surface area contributed by atoms with Crippen LogP contribution in [0, 0.1) is 0 Å². The molecule has 0 aliphatic rings. The Labute approximate surface area is 180 Å². The Morgan fingerprint density at radius 3 is 2.42 bits per heavy atom. The Bertz CT molecular complexity index is 1040. The number of amides is 1. The van der Waals surface area contributed by atoms with E-state index in [9.17, 15) is 22.8 Å². The van der Waals surface area contributed by atoms with E-state index in [0.717, 1.165) is 29.8 Å². The van der Waals surface area contributed by atoms with Gasteiger partial charge in [-0.1, -0.05) is 30.3 Å². The highest BCUT2D eigenvalue weighted by Crippen LogP contribution is 2.29. The summed E-state index contributed by atoms with van der Waals surface area (Å²) >= 11 is 1.22. The van der Waals surface area contributed by atoms with Crippen LogP contribution in [0.2, 0.25) is 0 Å². The number of hydrogen-bond donors (Lipinski definition) is 2. The Balaban J connectivity index is 1.51. The van der Waals surface area contributed by atoms with Gasteiger partial charge in [0.1, 0.15) is 0 Å². The van der Waals surface area contributed by atoms with Crippen LogP contribution in [0.15, 0.2) is 60.0 Å². The van der Waals surface area contributed by atoms with E-state index in [4.69, 9.17) is 4.74 Å². The molecule has 0 saturated carbocycles. The first-order valence-electron chi connectivity index (χ1n) is 9.15. The van der Waals surface area contributed by atoms with Gasteiger partial charge in [-0.15, -0.1) is 11.3 Å². The lowest BCUT2D eigenvalue weighted by atomic mass is 10.2. The summed E-state index contributed by atoms with van der Waals surface area (Å²) in [5, 5.41) is 7.54. The van der Waals surface area contributed by atoms with Crippen molar-refractivity contribution in [3.63, 3.8) is 0 Å². The maximum absolute atomic E-state index is 12.6. The molecular weight excluding hydrogens is 431 g/mol. The third-order valence-corrected chi connectivity index (χ3v) is 4.93. The first-order valence-corrected chi connectivity index (χ1v) is 10.0. The molecule has 2 N–H and O–H groups in total. The lowest BCUT2D eigenvalue weighted by Gasteiger charge is -2.13. The SMILES string of the molecule is CC(OC(=O)c1csc(NCc2ccccc2)n1)C(=O)Nc1ccc(C(F)(F)F)cc1. The number of nitrogens with one attached hydrogen (secondary N) is 2. The first kappa shape index (κ1) is 22.3. The lowest BCUT2D eigenvalue weighted by molar-refractivity contribution is -0.137. The van der Waals surface area contributed by atoms with Crippen LogP contribution in [-0.2, 0) is 22.3 Å². The number of esters is 1. The van der Waals surface area contributed by atoms with Gasteiger partial charge in [0.2, 0.25) is 0 Å². The Morgan fingerprint density at radius 2 is 1.77 bits per heavy atom. The molecule has 0 aliphatic heterocycles. The monoisotopic (exact) mass is 449 g/mol. The van der Waals surface area contributed by atoms with Gasteiger partial charge in [0, 0.05) is 17.6 Å². The number of carbonyl (C=O) groups excluding carboxylic acids is 2. The average molecular weight is 449 g/mol. The number of ether oxygens (including phenoxy) is 1. The largest absolute Gasteiger partial charge is 0.448 e. The van der Waals surface area contributed by atoms with Crippen molar-refractivity contribution >= 4 is 34.0 Å². The summed E-state index contributed by atoms with van der Waals surface area (Å²) in [6, 6.07) is 13.6. The van der Waals surface area contributed by atoms with Gasteiger partial charge in [0.25, 0.3) is 5.91 Å². The summed E-state index contributed by atoms with van der Waals surface area (Å²) in [7, 11) is 0. The number of benzene rings is 2. The maximum atomic E-state index is 12.6. The highest BCUT2D eigenvalue weighted by atomic mass is 32.1. The van der Waals surface area contributed by atoms with Crippen LogP contribution >= 0.6 is 11.3 Å². The second kappa shape index (κ2) is 9.61. The zero-order valence-electron chi connectivity index (χ0n) is 16.3. The van der Waals surface area contributed by atoms with Crippen LogP contribution in [-0.4, -0.2) is 23.0 Å². The molecule has 0 spiro atoms. The molecule has 0 fully saturated rings. The maximum Gasteiger partial charge on any atom is 0.416 e. The van der Waals surface area contributed by atoms with E-state index in [1.807, 2.05) is 30.3 Å². The average Bonchev–Trinajstić information content (AvgIpc) is 3.22. The van der Waals surface area contributed by atoms with Gasteiger partial charge < -0.3 is 15.4 Å². The highest BCUT2D eigenvalue weighted by molar-refractivity contribution is 7.13. The second-order valence-electron chi connectivity index (χ2n) is 6.49. The van der Waals surface area contributed by atoms with Crippen molar-refractivity contribution in [3.05, 3.63) is 76.8 Å². The van der Waals surface area contributed by atoms with Crippen LogP contribution in [0.5, 0.6) is 0 Å². The number of anilines is 2. The van der Waals surface area contributed by atoms with E-state index < -0.39 is 29.7 Å². The number of carbonyl (C=O) groups is 2. The van der Waals surface area contributed by atoms with Crippen molar-refractivity contribution in [3.8, 4) is 0 Å². The van der Waals surface area contributed by atoms with Gasteiger partial charge in [-0.2, -0.15) is 13.2 Å². The third kappa shape index (κ3) is 6.29.